The van der Waals surface area contributed by atoms with Crippen LogP contribution in [-0.2, 0) is 129 Å². The van der Waals surface area contributed by atoms with Gasteiger partial charge in [0.05, 0.1) is 43.3 Å². The number of halogens is 9. The zero-order chi connectivity index (χ0) is 102. The molecule has 3 saturated heterocycles. The van der Waals surface area contributed by atoms with Crippen molar-refractivity contribution in [3.63, 3.8) is 0 Å². The third kappa shape index (κ3) is 43.5. The molecule has 0 spiro atoms. The Kier molecular flexibility index (Phi) is 48.3. The zero-order valence-electron chi connectivity index (χ0n) is 84.0. The first-order chi connectivity index (χ1) is 59.3. The highest BCUT2D eigenvalue weighted by atomic mass is 19.4. The van der Waals surface area contributed by atoms with Crippen LogP contribution in [-0.4, -0.2) is 190 Å². The van der Waals surface area contributed by atoms with E-state index in [2.05, 4.69) is 41.9 Å². The van der Waals surface area contributed by atoms with Gasteiger partial charge in [0, 0.05) is 0 Å². The standard InChI is InChI=1S/C18H30O2.C15H22O7.C13H24O2.2C12H20O5.C9H15F3O2.2C8H13F3O2/c1-6-15(2,3)14(19)20-18-9-13-7-16(4,11-18)10-17(5,8-13)12-18;1-6-14(2,3)13(17)20-9-7-8(18-11(9)16)10-12(19-7)22-15(4,5)21-10;1-5-13(3,4)12(14)15-11-8-6-10(2)7-9-11;2*1-5-12(3,4)11(15)17-7-6-16-10(14)8-9(2)13;1-5-8(3,4)7(13)14-6(2)9(10,11)12;2*1-4-7(2,3)6(12)13-5-8(9,10)11/h13H,6-12H2,1-5H3;7-10,12H,6H2,1-5H3;10-11H,5-9H2,1-4H3;2*5-8H2,1-4H3;6H,5H2,1-4H3;2*4-5H2,1-3H3. The molecule has 5 aliphatic carbocycles. The van der Waals surface area contributed by atoms with Crippen LogP contribution in [0, 0.1) is 66.0 Å². The second-order valence-corrected chi connectivity index (χ2v) is 41.6. The molecule has 8 fully saturated rings. The van der Waals surface area contributed by atoms with Crippen molar-refractivity contribution in [1.29, 1.82) is 0 Å². The SMILES string of the molecule is CCC(C)(C)C(=O)OC(C)C(F)(F)F.CCC(C)(C)C(=O)OC12CC3CC(C)(CC(C)(C3)C1)C2.CCC(C)(C)C(=O)OC1C(=O)OC2C3OC(C)(C)OC3OC12.CCC(C)(C)C(=O)OC1CCC(C)CC1.CCC(C)(C)C(=O)OCC(F)(F)F.CCC(C)(C)C(=O)OCC(F)(F)F.CCC(C)(C)C(=O)OCCOC(=O)CC(C)=O.CCC(C)(C)C(=O)OCCOC(=O)CC(C)=O. The number of ether oxygens (including phenoxy) is 14. The quantitative estimate of drug-likeness (QED) is 0.0198. The van der Waals surface area contributed by atoms with Crippen LogP contribution in [0.15, 0.2) is 0 Å². The van der Waals surface area contributed by atoms with E-state index in [0.717, 1.165) is 63.7 Å². The van der Waals surface area contributed by atoms with Crippen LogP contribution in [0.3, 0.4) is 0 Å². The monoisotopic (exact) mass is 1900 g/mol. The lowest BCUT2D eigenvalue weighted by Crippen LogP contribution is -2.60. The Morgan fingerprint density at radius 2 is 0.733 bits per heavy atom. The molecule has 0 radical (unpaired) electrons. The number of rotatable bonds is 32. The van der Waals surface area contributed by atoms with E-state index in [9.17, 15) is 102 Å². The Hall–Kier alpha value is -7.24. The lowest BCUT2D eigenvalue weighted by atomic mass is 9.43. The van der Waals surface area contributed by atoms with Gasteiger partial charge >= 0.3 is 84.2 Å². The van der Waals surface area contributed by atoms with Gasteiger partial charge in [-0.3, -0.25) is 57.5 Å². The van der Waals surface area contributed by atoms with Gasteiger partial charge in [-0.2, -0.15) is 39.5 Å². The molecule has 4 bridgehead atoms. The van der Waals surface area contributed by atoms with Gasteiger partial charge < -0.3 is 66.3 Å². The Balaban J connectivity index is 0.00000149. The van der Waals surface area contributed by atoms with Crippen LogP contribution in [0.2, 0.25) is 0 Å². The van der Waals surface area contributed by atoms with E-state index in [0.29, 0.717) is 49.4 Å². The van der Waals surface area contributed by atoms with E-state index in [1.54, 1.807) is 118 Å². The summed E-state index contributed by atoms with van der Waals surface area (Å²) in [4.78, 5) is 148. The van der Waals surface area contributed by atoms with Crippen LogP contribution < -0.4 is 0 Å². The molecule has 3 aliphatic heterocycles. The topological polar surface area (TPSA) is 351 Å². The number of carbonyl (C=O) groups is 13. The van der Waals surface area contributed by atoms with Crippen LogP contribution in [0.4, 0.5) is 39.5 Å². The van der Waals surface area contributed by atoms with Gasteiger partial charge in [-0.25, -0.2) is 4.79 Å². The van der Waals surface area contributed by atoms with Crippen molar-refractivity contribution >= 4 is 77.2 Å². The predicted octanol–water partition coefficient (Wildman–Crippen LogP) is 20.3. The molecule has 36 heteroatoms. The maximum Gasteiger partial charge on any atom is 0.425 e. The van der Waals surface area contributed by atoms with Gasteiger partial charge in [0.2, 0.25) is 6.10 Å². The van der Waals surface area contributed by atoms with Crippen molar-refractivity contribution in [3.05, 3.63) is 0 Å². The number of alkyl halides is 9. The highest BCUT2D eigenvalue weighted by Gasteiger charge is 2.65. The lowest BCUT2D eigenvalue weighted by Gasteiger charge is -2.64. The summed E-state index contributed by atoms with van der Waals surface area (Å²) in [6, 6.07) is 0. The molecule has 27 nitrogen and oxygen atoms in total. The minimum absolute atomic E-state index is 0.0162. The second kappa shape index (κ2) is 51.1. The number of ketones is 2. The van der Waals surface area contributed by atoms with E-state index in [1.807, 2.05) is 55.4 Å². The molecule has 8 aliphatic rings. The van der Waals surface area contributed by atoms with Crippen molar-refractivity contribution in [3.8, 4) is 0 Å². The molecule has 0 aromatic carbocycles. The summed E-state index contributed by atoms with van der Waals surface area (Å²) in [6.07, 6.45) is -2.38. The largest absolute Gasteiger partial charge is 0.462 e. The predicted molar refractivity (Wildman–Crippen MR) is 465 cm³/mol. The van der Waals surface area contributed by atoms with Gasteiger partial charge in [-0.15, -0.1) is 0 Å². The molecule has 8 rings (SSSR count). The average Bonchev–Trinajstić information content (AvgIpc) is 1.58. The molecule has 131 heavy (non-hydrogen) atoms. The first-order valence-corrected chi connectivity index (χ1v) is 45.5. The molecule has 8 atom stereocenters. The highest BCUT2D eigenvalue weighted by Crippen LogP contribution is 2.67. The van der Waals surface area contributed by atoms with E-state index in [1.165, 1.54) is 46.0 Å². The fraction of sp³-hybridized carbons (Fsp3) is 0.863. The summed E-state index contributed by atoms with van der Waals surface area (Å²) in [5.74, 6) is -5.01. The fourth-order valence-electron chi connectivity index (χ4n) is 13.8. The van der Waals surface area contributed by atoms with Crippen LogP contribution in [0.25, 0.3) is 0 Å². The Morgan fingerprint density at radius 1 is 0.405 bits per heavy atom. The van der Waals surface area contributed by atoms with Crippen molar-refractivity contribution in [2.75, 3.05) is 39.6 Å². The summed E-state index contributed by atoms with van der Waals surface area (Å²) < 4.78 is 177. The molecular weight excluding hydrogens is 1740 g/mol. The Labute approximate surface area is 770 Å². The van der Waals surface area contributed by atoms with Gasteiger partial charge in [0.25, 0.3) is 0 Å². The molecular formula is C95H157F9O27. The van der Waals surface area contributed by atoms with Gasteiger partial charge in [0.15, 0.2) is 43.6 Å². The zero-order valence-corrected chi connectivity index (χ0v) is 84.0. The molecule has 0 aromatic heterocycles. The van der Waals surface area contributed by atoms with E-state index < -0.39 is 149 Å². The van der Waals surface area contributed by atoms with E-state index in [-0.39, 0.29) is 97.2 Å². The molecule has 5 saturated carbocycles. The molecule has 3 heterocycles. The van der Waals surface area contributed by atoms with Crippen molar-refractivity contribution in [2.45, 2.75) is 423 Å². The third-order valence-corrected chi connectivity index (χ3v) is 25.1. The number of esters is 11. The number of Topliss-reactive ketones (excluding diaryl/α,β-unsaturated/α-hetero) is 2. The van der Waals surface area contributed by atoms with E-state index >= 15 is 0 Å². The Bertz CT molecular complexity index is 3590. The van der Waals surface area contributed by atoms with Gasteiger partial charge in [-0.1, -0.05) is 76.2 Å². The minimum atomic E-state index is -4.49. The highest BCUT2D eigenvalue weighted by molar-refractivity contribution is 5.94. The smallest absolute Gasteiger partial charge is 0.425 e. The van der Waals surface area contributed by atoms with Crippen molar-refractivity contribution in [1.82, 2.24) is 0 Å². The maximum atomic E-state index is 12.6. The number of hydrogen-bond donors (Lipinski definition) is 0. The summed E-state index contributed by atoms with van der Waals surface area (Å²) in [6.45, 7) is 54.0. The Morgan fingerprint density at radius 3 is 1.07 bits per heavy atom. The first-order valence-electron chi connectivity index (χ1n) is 45.5. The summed E-state index contributed by atoms with van der Waals surface area (Å²) >= 11 is 0. The number of fused-ring (bicyclic) bond motifs is 3. The molecule has 762 valence electrons. The summed E-state index contributed by atoms with van der Waals surface area (Å²) in [5.41, 5.74) is -4.25. The van der Waals surface area contributed by atoms with E-state index in [4.69, 9.17) is 52.1 Å². The normalized spacial score (nSPS) is 23.8. The number of hydrogen-bond acceptors (Lipinski definition) is 27. The third-order valence-electron chi connectivity index (χ3n) is 25.1. The van der Waals surface area contributed by atoms with Crippen LogP contribution in [0.5, 0.6) is 0 Å². The average molecular weight is 1900 g/mol. The summed E-state index contributed by atoms with van der Waals surface area (Å²) in [7, 11) is 0. The minimum Gasteiger partial charge on any atom is -0.462 e. The van der Waals surface area contributed by atoms with Crippen molar-refractivity contribution < 1.29 is 168 Å². The molecule has 0 aromatic rings. The maximum absolute atomic E-state index is 12.6. The van der Waals surface area contributed by atoms with Crippen LogP contribution in [0.1, 0.15) is 350 Å². The fourth-order valence-corrected chi connectivity index (χ4v) is 13.8. The van der Waals surface area contributed by atoms with Gasteiger partial charge in [-0.05, 0) is 284 Å². The summed E-state index contributed by atoms with van der Waals surface area (Å²) in [5, 5.41) is 0. The first kappa shape index (κ1) is 124. The molecule has 8 unspecified atom stereocenters. The second-order valence-electron chi connectivity index (χ2n) is 41.6. The van der Waals surface area contributed by atoms with Crippen molar-refractivity contribution in [2.24, 2.45) is 66.0 Å². The lowest BCUT2D eigenvalue weighted by molar-refractivity contribution is -0.222. The number of carbonyl (C=O) groups excluding carboxylic acids is 13. The molecule has 0 amide bonds. The van der Waals surface area contributed by atoms with Gasteiger partial charge in [0.1, 0.15) is 68.6 Å². The molecule has 0 N–H and O–H groups in total. The van der Waals surface area contributed by atoms with Crippen LogP contribution >= 0.6 is 0 Å².